The number of nitrogens with one attached hydrogen (secondary N) is 3. The molecule has 1 heterocycles. The number of halogens is 1. The maximum atomic E-state index is 12.4. The molecule has 34 heavy (non-hydrogen) atoms. The van der Waals surface area contributed by atoms with E-state index >= 15 is 0 Å². The molecule has 0 bridgehead atoms. The predicted octanol–water partition coefficient (Wildman–Crippen LogP) is 4.63. The van der Waals surface area contributed by atoms with Gasteiger partial charge in [0.25, 0.3) is 0 Å². The van der Waals surface area contributed by atoms with Crippen molar-refractivity contribution in [3.63, 3.8) is 0 Å². The van der Waals surface area contributed by atoms with Gasteiger partial charge in [-0.05, 0) is 79.0 Å². The number of carbonyl (C=O) groups is 2. The molecule has 176 valence electrons. The van der Waals surface area contributed by atoms with E-state index in [0.717, 1.165) is 17.5 Å². The molecule has 3 aromatic carbocycles. The van der Waals surface area contributed by atoms with Gasteiger partial charge in [-0.1, -0.05) is 35.9 Å². The minimum absolute atomic E-state index is 0.0974. The molecule has 4 rings (SSSR count). The number of amides is 2. The molecule has 2 amide bonds. The van der Waals surface area contributed by atoms with Crippen molar-refractivity contribution in [3.8, 4) is 11.1 Å². The van der Waals surface area contributed by atoms with Crippen molar-refractivity contribution >= 4 is 45.1 Å². The molecule has 1 atom stereocenters. The van der Waals surface area contributed by atoms with E-state index in [1.54, 1.807) is 60.7 Å². The van der Waals surface area contributed by atoms with Crippen LogP contribution in [0.5, 0.6) is 0 Å². The van der Waals surface area contributed by atoms with Gasteiger partial charge < -0.3 is 20.1 Å². The third-order valence-electron chi connectivity index (χ3n) is 5.26. The lowest BCUT2D eigenvalue weighted by Gasteiger charge is -2.11. The molecule has 1 aliphatic heterocycles. The largest absolute Gasteiger partial charge is 0.341 e. The van der Waals surface area contributed by atoms with Gasteiger partial charge in [-0.3, -0.25) is 0 Å². The van der Waals surface area contributed by atoms with Gasteiger partial charge in [0.15, 0.2) is 0 Å². The Balaban J connectivity index is 1.37. The molecule has 0 spiro atoms. The van der Waals surface area contributed by atoms with Crippen molar-refractivity contribution in [1.29, 1.82) is 0 Å². The van der Waals surface area contributed by atoms with Crippen LogP contribution >= 0.6 is 11.6 Å². The molecule has 1 saturated heterocycles. The summed E-state index contributed by atoms with van der Waals surface area (Å²) in [6, 6.07) is 18.9. The zero-order valence-corrected chi connectivity index (χ0v) is 19.5. The molecule has 0 unspecified atom stereocenters. The normalized spacial score (nSPS) is 15.5. The first-order valence-corrected chi connectivity index (χ1v) is 12.3. The minimum atomic E-state index is -4.20. The molecule has 0 aliphatic carbocycles. The summed E-state index contributed by atoms with van der Waals surface area (Å²) in [6.45, 7) is 0.663. The molecule has 8 nitrogen and oxygen atoms in total. The number of urea groups is 1. The molecule has 0 radical (unpaired) electrons. The molecule has 0 aromatic heterocycles. The first kappa shape index (κ1) is 23.7. The Labute approximate surface area is 202 Å². The summed E-state index contributed by atoms with van der Waals surface area (Å²) in [4.78, 5) is 24.1. The van der Waals surface area contributed by atoms with Crippen LogP contribution in [0.15, 0.2) is 77.7 Å². The summed E-state index contributed by atoms with van der Waals surface area (Å²) < 4.78 is 29.6. The van der Waals surface area contributed by atoms with Crippen LogP contribution in [0.2, 0.25) is 5.02 Å². The predicted molar refractivity (Wildman–Crippen MR) is 130 cm³/mol. The van der Waals surface area contributed by atoms with Crippen LogP contribution in [0, 0.1) is 0 Å². The standard InChI is InChI=1S/C24H22ClN3O5S/c25-18-7-11-20(12-8-18)28-24(30)27-19-9-3-16(4-10-19)17-5-13-21(14-6-17)34(31,32)33-23(29)22-2-1-15-26-22/h3-14,22,26H,1-2,15H2,(H2,27,28,30)/t22-/m0/s1. The molecule has 10 heteroatoms. The molecule has 1 aliphatic rings. The summed E-state index contributed by atoms with van der Waals surface area (Å²) in [5, 5.41) is 8.94. The van der Waals surface area contributed by atoms with Crippen molar-refractivity contribution in [2.45, 2.75) is 23.8 Å². The fourth-order valence-corrected chi connectivity index (χ4v) is 4.51. The summed E-state index contributed by atoms with van der Waals surface area (Å²) in [7, 11) is -4.20. The van der Waals surface area contributed by atoms with Gasteiger partial charge in [0.05, 0.1) is 0 Å². The Bertz CT molecular complexity index is 1270. The molecule has 3 aromatic rings. The Morgan fingerprint density at radius 3 is 1.91 bits per heavy atom. The molecule has 0 saturated carbocycles. The SMILES string of the molecule is O=C(Nc1ccc(Cl)cc1)Nc1ccc(-c2ccc(S(=O)(=O)OC(=O)[C@@H]3CCCN3)cc2)cc1. The van der Waals surface area contributed by atoms with Crippen LogP contribution in [0.25, 0.3) is 11.1 Å². The van der Waals surface area contributed by atoms with E-state index in [9.17, 15) is 18.0 Å². The number of hydrogen-bond donors (Lipinski definition) is 3. The number of anilines is 2. The van der Waals surface area contributed by atoms with Crippen molar-refractivity contribution in [2.24, 2.45) is 0 Å². The number of hydrogen-bond acceptors (Lipinski definition) is 6. The van der Waals surface area contributed by atoms with Gasteiger partial charge in [0.2, 0.25) is 0 Å². The second kappa shape index (κ2) is 10.3. The van der Waals surface area contributed by atoms with E-state index in [1.165, 1.54) is 12.1 Å². The summed E-state index contributed by atoms with van der Waals surface area (Å²) in [6.07, 6.45) is 1.36. The van der Waals surface area contributed by atoms with E-state index in [4.69, 9.17) is 15.8 Å². The van der Waals surface area contributed by atoms with E-state index in [0.29, 0.717) is 29.4 Å². The molecule has 1 fully saturated rings. The summed E-state index contributed by atoms with van der Waals surface area (Å²) in [5.74, 6) is -0.787. The van der Waals surface area contributed by atoms with Gasteiger partial charge >= 0.3 is 22.1 Å². The highest BCUT2D eigenvalue weighted by molar-refractivity contribution is 7.87. The van der Waals surface area contributed by atoms with E-state index in [-0.39, 0.29) is 4.90 Å². The maximum Gasteiger partial charge on any atom is 0.341 e. The van der Waals surface area contributed by atoms with E-state index in [1.807, 2.05) is 0 Å². The average Bonchev–Trinajstić information content (AvgIpc) is 3.36. The van der Waals surface area contributed by atoms with Gasteiger partial charge in [0, 0.05) is 16.4 Å². The zero-order valence-electron chi connectivity index (χ0n) is 18.0. The lowest BCUT2D eigenvalue weighted by Crippen LogP contribution is -2.33. The number of benzene rings is 3. The van der Waals surface area contributed by atoms with Crippen LogP contribution < -0.4 is 16.0 Å². The molecular formula is C24H22ClN3O5S. The van der Waals surface area contributed by atoms with Gasteiger partial charge in [-0.2, -0.15) is 8.42 Å². The number of rotatable bonds is 6. The van der Waals surface area contributed by atoms with Crippen molar-refractivity contribution in [3.05, 3.63) is 77.8 Å². The first-order chi connectivity index (χ1) is 16.3. The Kier molecular flexibility index (Phi) is 7.16. The van der Waals surface area contributed by atoms with Crippen LogP contribution in [0.3, 0.4) is 0 Å². The lowest BCUT2D eigenvalue weighted by atomic mass is 10.1. The monoisotopic (exact) mass is 499 g/mol. The highest BCUT2D eigenvalue weighted by atomic mass is 35.5. The highest BCUT2D eigenvalue weighted by Crippen LogP contribution is 2.24. The van der Waals surface area contributed by atoms with Crippen LogP contribution in [-0.2, 0) is 19.1 Å². The molecular weight excluding hydrogens is 478 g/mol. The fourth-order valence-electron chi connectivity index (χ4n) is 3.49. The van der Waals surface area contributed by atoms with E-state index < -0.39 is 28.2 Å². The fraction of sp³-hybridized carbons (Fsp3) is 0.167. The number of carbonyl (C=O) groups excluding carboxylic acids is 2. The maximum absolute atomic E-state index is 12.4. The Morgan fingerprint density at radius 1 is 0.853 bits per heavy atom. The third-order valence-corrected chi connectivity index (χ3v) is 6.74. The Hall–Kier alpha value is -3.40. The highest BCUT2D eigenvalue weighted by Gasteiger charge is 2.29. The Morgan fingerprint density at radius 2 is 1.38 bits per heavy atom. The van der Waals surface area contributed by atoms with Crippen LogP contribution in [0.4, 0.5) is 16.2 Å². The second-order valence-corrected chi connectivity index (χ2v) is 9.68. The van der Waals surface area contributed by atoms with Gasteiger partial charge in [0.1, 0.15) is 10.9 Å². The summed E-state index contributed by atoms with van der Waals surface area (Å²) in [5.41, 5.74) is 2.78. The van der Waals surface area contributed by atoms with Crippen LogP contribution in [0.1, 0.15) is 12.8 Å². The first-order valence-electron chi connectivity index (χ1n) is 10.6. The average molecular weight is 500 g/mol. The minimum Gasteiger partial charge on any atom is -0.341 e. The van der Waals surface area contributed by atoms with Crippen molar-refractivity contribution in [1.82, 2.24) is 5.32 Å². The van der Waals surface area contributed by atoms with Gasteiger partial charge in [-0.15, -0.1) is 0 Å². The van der Waals surface area contributed by atoms with E-state index in [2.05, 4.69) is 16.0 Å². The summed E-state index contributed by atoms with van der Waals surface area (Å²) >= 11 is 5.84. The van der Waals surface area contributed by atoms with Crippen LogP contribution in [-0.4, -0.2) is 33.0 Å². The zero-order chi connectivity index (χ0) is 24.1. The lowest BCUT2D eigenvalue weighted by molar-refractivity contribution is -0.135. The topological polar surface area (TPSA) is 114 Å². The van der Waals surface area contributed by atoms with Gasteiger partial charge in [-0.25, -0.2) is 9.59 Å². The van der Waals surface area contributed by atoms with Crippen molar-refractivity contribution in [2.75, 3.05) is 17.2 Å². The second-order valence-electron chi connectivity index (χ2n) is 7.69. The smallest absolute Gasteiger partial charge is 0.341 e. The quantitative estimate of drug-likeness (QED) is 0.426. The molecule has 3 N–H and O–H groups in total. The van der Waals surface area contributed by atoms with Crippen molar-refractivity contribution < 1.29 is 22.2 Å². The third kappa shape index (κ3) is 5.93.